The van der Waals surface area contributed by atoms with Crippen LogP contribution in [0.25, 0.3) is 10.9 Å². The van der Waals surface area contributed by atoms with E-state index in [-0.39, 0.29) is 18.1 Å². The molecular weight excluding hydrogens is 370 g/mol. The molecule has 7 nitrogen and oxygen atoms in total. The smallest absolute Gasteiger partial charge is 0.251 e. The van der Waals surface area contributed by atoms with E-state index in [9.17, 15) is 4.79 Å². The van der Waals surface area contributed by atoms with Gasteiger partial charge >= 0.3 is 0 Å². The second-order valence-electron chi connectivity index (χ2n) is 7.47. The first kappa shape index (κ1) is 18.0. The molecule has 1 aromatic heterocycles. The van der Waals surface area contributed by atoms with Crippen molar-refractivity contribution >= 4 is 16.8 Å². The van der Waals surface area contributed by atoms with E-state index in [0.717, 1.165) is 41.9 Å². The molecule has 7 heteroatoms. The summed E-state index contributed by atoms with van der Waals surface area (Å²) in [5, 5.41) is 8.48. The molecule has 29 heavy (non-hydrogen) atoms. The molecule has 150 valence electrons. The fourth-order valence-corrected chi connectivity index (χ4v) is 3.79. The Hall–Kier alpha value is -3.06. The zero-order valence-electron chi connectivity index (χ0n) is 16.0. The number of benzene rings is 2. The molecule has 2 unspecified atom stereocenters. The summed E-state index contributed by atoms with van der Waals surface area (Å²) < 4.78 is 19.2. The molecule has 1 N–H and O–H groups in total. The number of carbonyl (C=O) groups is 1. The number of aromatic nitrogens is 2. The Bertz CT molecular complexity index is 1030. The Morgan fingerprint density at radius 3 is 2.93 bits per heavy atom. The molecule has 0 bridgehead atoms. The lowest BCUT2D eigenvalue weighted by atomic mass is 10.1. The number of para-hydroxylation sites is 2. The molecule has 2 aromatic carbocycles. The zero-order valence-corrected chi connectivity index (χ0v) is 16.0. The van der Waals surface area contributed by atoms with Crippen molar-refractivity contribution in [2.24, 2.45) is 0 Å². The fourth-order valence-electron chi connectivity index (χ4n) is 3.79. The van der Waals surface area contributed by atoms with E-state index < -0.39 is 0 Å². The van der Waals surface area contributed by atoms with Crippen LogP contribution in [0.5, 0.6) is 11.5 Å². The summed E-state index contributed by atoms with van der Waals surface area (Å²) in [6.45, 7) is 2.39. The molecule has 2 aliphatic heterocycles. The van der Waals surface area contributed by atoms with Crippen LogP contribution in [0.3, 0.4) is 0 Å². The van der Waals surface area contributed by atoms with Crippen LogP contribution in [0.2, 0.25) is 0 Å². The van der Waals surface area contributed by atoms with Gasteiger partial charge in [0, 0.05) is 30.3 Å². The third-order valence-corrected chi connectivity index (χ3v) is 5.29. The number of rotatable bonds is 5. The monoisotopic (exact) mass is 393 g/mol. The van der Waals surface area contributed by atoms with Crippen molar-refractivity contribution in [3.8, 4) is 11.5 Å². The highest BCUT2D eigenvalue weighted by atomic mass is 16.6. The van der Waals surface area contributed by atoms with Gasteiger partial charge in [-0.25, -0.2) is 0 Å². The number of hydrogen-bond acceptors (Lipinski definition) is 5. The van der Waals surface area contributed by atoms with Crippen molar-refractivity contribution in [3.63, 3.8) is 0 Å². The molecular formula is C22H23N3O4. The maximum atomic E-state index is 12.5. The number of nitrogens with zero attached hydrogens (tertiary/aromatic N) is 2. The Morgan fingerprint density at radius 2 is 2.07 bits per heavy atom. The molecule has 0 aliphatic carbocycles. The van der Waals surface area contributed by atoms with Crippen molar-refractivity contribution in [2.75, 3.05) is 19.8 Å². The molecule has 1 fully saturated rings. The molecule has 3 heterocycles. The number of ether oxygens (including phenoxy) is 3. The van der Waals surface area contributed by atoms with Gasteiger partial charge in [0.15, 0.2) is 17.6 Å². The average Bonchev–Trinajstić information content (AvgIpc) is 3.40. The number of nitrogens with one attached hydrogen (secondary N) is 1. The van der Waals surface area contributed by atoms with Crippen LogP contribution in [0.1, 0.15) is 23.2 Å². The summed E-state index contributed by atoms with van der Waals surface area (Å²) in [5.74, 6) is 1.44. The van der Waals surface area contributed by atoms with Gasteiger partial charge in [-0.15, -0.1) is 0 Å². The van der Waals surface area contributed by atoms with Crippen LogP contribution in [0, 0.1) is 0 Å². The molecule has 0 saturated carbocycles. The van der Waals surface area contributed by atoms with Gasteiger partial charge in [0.25, 0.3) is 5.91 Å². The molecule has 3 aromatic rings. The first-order valence-corrected chi connectivity index (χ1v) is 10.00. The van der Waals surface area contributed by atoms with Gasteiger partial charge < -0.3 is 19.5 Å². The van der Waals surface area contributed by atoms with Crippen LogP contribution in [0.15, 0.2) is 48.7 Å². The normalized spacial score (nSPS) is 20.7. The predicted molar refractivity (Wildman–Crippen MR) is 107 cm³/mol. The Labute approximate surface area is 168 Å². The molecule has 2 atom stereocenters. The highest BCUT2D eigenvalue weighted by Crippen LogP contribution is 2.31. The standard InChI is InChI=1S/C22H23N3O4/c26-22(23-11-17-4-3-9-27-17)15-7-8-19-16(10-15)12-25(24-19)13-18-14-28-20-5-1-2-6-21(20)29-18/h1-2,5-8,10,12,17-18H,3-4,9,11,13-14H2,(H,23,26). The lowest BCUT2D eigenvalue weighted by Gasteiger charge is -2.26. The van der Waals surface area contributed by atoms with E-state index in [0.29, 0.717) is 25.3 Å². The van der Waals surface area contributed by atoms with Gasteiger partial charge in [-0.3, -0.25) is 9.48 Å². The predicted octanol–water partition coefficient (Wildman–Crippen LogP) is 2.79. The average molecular weight is 393 g/mol. The first-order chi connectivity index (χ1) is 14.2. The van der Waals surface area contributed by atoms with Gasteiger partial charge in [-0.2, -0.15) is 5.10 Å². The molecule has 0 radical (unpaired) electrons. The molecule has 1 amide bonds. The quantitative estimate of drug-likeness (QED) is 0.722. The minimum atomic E-state index is -0.117. The van der Waals surface area contributed by atoms with Crippen LogP contribution in [-0.4, -0.2) is 47.7 Å². The van der Waals surface area contributed by atoms with Crippen LogP contribution in [0.4, 0.5) is 0 Å². The Kier molecular flexibility index (Phi) is 4.81. The third kappa shape index (κ3) is 3.91. The summed E-state index contributed by atoms with van der Waals surface area (Å²) in [6, 6.07) is 13.2. The van der Waals surface area contributed by atoms with Crippen molar-refractivity contribution in [3.05, 3.63) is 54.2 Å². The number of carbonyl (C=O) groups excluding carboxylic acids is 1. The second kappa shape index (κ2) is 7.75. The van der Waals surface area contributed by atoms with Crippen molar-refractivity contribution < 1.29 is 19.0 Å². The maximum Gasteiger partial charge on any atom is 0.251 e. The second-order valence-corrected chi connectivity index (χ2v) is 7.47. The lowest BCUT2D eigenvalue weighted by Crippen LogP contribution is -2.33. The van der Waals surface area contributed by atoms with E-state index >= 15 is 0 Å². The van der Waals surface area contributed by atoms with Gasteiger partial charge in [0.05, 0.1) is 18.2 Å². The third-order valence-electron chi connectivity index (χ3n) is 5.29. The minimum Gasteiger partial charge on any atom is -0.486 e. The van der Waals surface area contributed by atoms with E-state index in [1.807, 2.05) is 47.3 Å². The minimum absolute atomic E-state index is 0.0872. The number of amides is 1. The van der Waals surface area contributed by atoms with Crippen LogP contribution < -0.4 is 14.8 Å². The lowest BCUT2D eigenvalue weighted by molar-refractivity contribution is 0.0760. The molecule has 2 aliphatic rings. The zero-order chi connectivity index (χ0) is 19.6. The van der Waals surface area contributed by atoms with Crippen molar-refractivity contribution in [2.45, 2.75) is 31.6 Å². The van der Waals surface area contributed by atoms with Crippen LogP contribution >= 0.6 is 0 Å². The van der Waals surface area contributed by atoms with Gasteiger partial charge in [0.2, 0.25) is 0 Å². The topological polar surface area (TPSA) is 74.6 Å². The summed E-state index contributed by atoms with van der Waals surface area (Å²) in [5.41, 5.74) is 1.47. The largest absolute Gasteiger partial charge is 0.486 e. The first-order valence-electron chi connectivity index (χ1n) is 10.00. The number of fused-ring (bicyclic) bond motifs is 2. The SMILES string of the molecule is O=C(NCC1CCCO1)c1ccc2nn(CC3COc4ccccc4O3)cc2c1. The Balaban J connectivity index is 1.25. The fraction of sp³-hybridized carbons (Fsp3) is 0.364. The summed E-state index contributed by atoms with van der Waals surface area (Å²) in [7, 11) is 0. The van der Waals surface area contributed by atoms with E-state index in [1.54, 1.807) is 6.07 Å². The van der Waals surface area contributed by atoms with Gasteiger partial charge in [-0.1, -0.05) is 12.1 Å². The summed E-state index contributed by atoms with van der Waals surface area (Å²) >= 11 is 0. The van der Waals surface area contributed by atoms with Crippen molar-refractivity contribution in [1.29, 1.82) is 0 Å². The highest BCUT2D eigenvalue weighted by Gasteiger charge is 2.22. The van der Waals surface area contributed by atoms with E-state index in [1.165, 1.54) is 0 Å². The summed E-state index contributed by atoms with van der Waals surface area (Å²) in [4.78, 5) is 12.5. The highest BCUT2D eigenvalue weighted by molar-refractivity contribution is 5.97. The van der Waals surface area contributed by atoms with Gasteiger partial charge in [-0.05, 0) is 43.2 Å². The maximum absolute atomic E-state index is 12.5. The molecule has 0 spiro atoms. The Morgan fingerprint density at radius 1 is 1.17 bits per heavy atom. The van der Waals surface area contributed by atoms with Gasteiger partial charge in [0.1, 0.15) is 6.61 Å². The van der Waals surface area contributed by atoms with Crippen molar-refractivity contribution in [1.82, 2.24) is 15.1 Å². The van der Waals surface area contributed by atoms with E-state index in [2.05, 4.69) is 10.4 Å². The number of hydrogen-bond donors (Lipinski definition) is 1. The molecule has 1 saturated heterocycles. The summed E-state index contributed by atoms with van der Waals surface area (Å²) in [6.07, 6.45) is 4.02. The van der Waals surface area contributed by atoms with Crippen LogP contribution in [-0.2, 0) is 11.3 Å². The van der Waals surface area contributed by atoms with E-state index in [4.69, 9.17) is 14.2 Å². The molecule has 5 rings (SSSR count).